The van der Waals surface area contributed by atoms with Gasteiger partial charge in [-0.15, -0.1) is 0 Å². The first-order valence-electron chi connectivity index (χ1n) is 6.01. The van der Waals surface area contributed by atoms with E-state index in [2.05, 4.69) is 15.2 Å². The maximum atomic E-state index is 12.2. The Kier molecular flexibility index (Phi) is 3.73. The van der Waals surface area contributed by atoms with Gasteiger partial charge in [-0.2, -0.15) is 5.10 Å². The fraction of sp³-hybridized carbons (Fsp3) is 0.727. The first-order chi connectivity index (χ1) is 8.22. The van der Waals surface area contributed by atoms with E-state index in [1.807, 2.05) is 0 Å². The summed E-state index contributed by atoms with van der Waals surface area (Å²) in [7, 11) is 1.80. The lowest BCUT2D eigenvalue weighted by Gasteiger charge is -2.23. The van der Waals surface area contributed by atoms with E-state index in [4.69, 9.17) is 5.73 Å². The second-order valence-electron chi connectivity index (χ2n) is 4.66. The summed E-state index contributed by atoms with van der Waals surface area (Å²) in [5.41, 5.74) is 5.70. The maximum absolute atomic E-state index is 12.2. The van der Waals surface area contributed by atoms with Crippen molar-refractivity contribution in [2.24, 2.45) is 17.6 Å². The van der Waals surface area contributed by atoms with Crippen LogP contribution in [0.3, 0.4) is 0 Å². The Hall–Kier alpha value is -1.43. The molecule has 1 saturated carbocycles. The normalized spacial score (nSPS) is 23.9. The number of nitrogens with one attached hydrogen (secondary N) is 1. The molecule has 6 heteroatoms. The van der Waals surface area contributed by atoms with Crippen LogP contribution in [-0.4, -0.2) is 39.6 Å². The van der Waals surface area contributed by atoms with Gasteiger partial charge in [0.1, 0.15) is 12.2 Å². The molecule has 0 bridgehead atoms. The van der Waals surface area contributed by atoms with Gasteiger partial charge in [-0.1, -0.05) is 6.42 Å². The van der Waals surface area contributed by atoms with Crippen molar-refractivity contribution in [1.82, 2.24) is 20.1 Å². The first kappa shape index (κ1) is 12.0. The molecule has 0 saturated heterocycles. The highest BCUT2D eigenvalue weighted by molar-refractivity contribution is 5.79. The van der Waals surface area contributed by atoms with Crippen LogP contribution in [0.2, 0.25) is 0 Å². The molecule has 2 unspecified atom stereocenters. The molecule has 6 nitrogen and oxygen atoms in total. The number of nitrogens with zero attached hydrogens (tertiary/aromatic N) is 3. The second kappa shape index (κ2) is 5.27. The SMILES string of the molecule is CN(Cc1ncn[nH]1)C(=O)C1CCCC1CN. The number of carbonyl (C=O) groups is 1. The molecule has 0 spiro atoms. The van der Waals surface area contributed by atoms with Crippen molar-refractivity contribution in [2.75, 3.05) is 13.6 Å². The zero-order valence-electron chi connectivity index (χ0n) is 10.1. The van der Waals surface area contributed by atoms with Crippen molar-refractivity contribution < 1.29 is 4.79 Å². The van der Waals surface area contributed by atoms with Crippen LogP contribution in [0.1, 0.15) is 25.1 Å². The molecule has 17 heavy (non-hydrogen) atoms. The monoisotopic (exact) mass is 237 g/mol. The van der Waals surface area contributed by atoms with E-state index in [0.29, 0.717) is 24.8 Å². The number of aromatic amines is 1. The predicted octanol–water partition coefficient (Wildman–Crippen LogP) is 0.138. The van der Waals surface area contributed by atoms with Crippen molar-refractivity contribution in [3.8, 4) is 0 Å². The lowest BCUT2D eigenvalue weighted by molar-refractivity contribution is -0.135. The average Bonchev–Trinajstić information content (AvgIpc) is 2.97. The van der Waals surface area contributed by atoms with Crippen molar-refractivity contribution >= 4 is 5.91 Å². The number of nitrogens with two attached hydrogens (primary N) is 1. The van der Waals surface area contributed by atoms with Gasteiger partial charge < -0.3 is 10.6 Å². The van der Waals surface area contributed by atoms with Crippen molar-refractivity contribution in [3.05, 3.63) is 12.2 Å². The molecule has 1 fully saturated rings. The van der Waals surface area contributed by atoms with E-state index < -0.39 is 0 Å². The van der Waals surface area contributed by atoms with E-state index in [1.165, 1.54) is 6.33 Å². The number of rotatable bonds is 4. The summed E-state index contributed by atoms with van der Waals surface area (Å²) in [5.74, 6) is 1.32. The first-order valence-corrected chi connectivity index (χ1v) is 6.01. The second-order valence-corrected chi connectivity index (χ2v) is 4.66. The van der Waals surface area contributed by atoms with E-state index in [9.17, 15) is 4.79 Å². The molecule has 1 heterocycles. The Morgan fingerprint density at radius 2 is 2.47 bits per heavy atom. The molecular weight excluding hydrogens is 218 g/mol. The summed E-state index contributed by atoms with van der Waals surface area (Å²) < 4.78 is 0. The Bertz CT molecular complexity index is 364. The Morgan fingerprint density at radius 1 is 1.65 bits per heavy atom. The highest BCUT2D eigenvalue weighted by Crippen LogP contribution is 2.32. The van der Waals surface area contributed by atoms with E-state index in [1.54, 1.807) is 11.9 Å². The van der Waals surface area contributed by atoms with Crippen LogP contribution in [0, 0.1) is 11.8 Å². The summed E-state index contributed by atoms with van der Waals surface area (Å²) >= 11 is 0. The molecule has 0 aliphatic heterocycles. The molecular formula is C11H19N5O. The van der Waals surface area contributed by atoms with Gasteiger partial charge in [-0.3, -0.25) is 9.89 Å². The molecule has 2 atom stereocenters. The lowest BCUT2D eigenvalue weighted by Crippen LogP contribution is -2.36. The number of hydrogen-bond donors (Lipinski definition) is 2. The maximum Gasteiger partial charge on any atom is 0.226 e. The topological polar surface area (TPSA) is 87.9 Å². The largest absolute Gasteiger partial charge is 0.338 e. The van der Waals surface area contributed by atoms with Crippen molar-refractivity contribution in [2.45, 2.75) is 25.8 Å². The highest BCUT2D eigenvalue weighted by atomic mass is 16.2. The molecule has 3 N–H and O–H groups in total. The number of aromatic nitrogens is 3. The molecule has 1 aliphatic carbocycles. The van der Waals surface area contributed by atoms with E-state index in [0.717, 1.165) is 19.3 Å². The Morgan fingerprint density at radius 3 is 3.12 bits per heavy atom. The van der Waals surface area contributed by atoms with Crippen molar-refractivity contribution in [1.29, 1.82) is 0 Å². The quantitative estimate of drug-likeness (QED) is 0.779. The standard InChI is InChI=1S/C11H19N5O/c1-16(6-10-13-7-14-15-10)11(17)9-4-2-3-8(9)5-12/h7-9H,2-6,12H2,1H3,(H,13,14,15). The van der Waals surface area contributed by atoms with Gasteiger partial charge in [0.2, 0.25) is 5.91 Å². The third-order valence-corrected chi connectivity index (χ3v) is 3.51. The van der Waals surface area contributed by atoms with Gasteiger partial charge in [0, 0.05) is 13.0 Å². The van der Waals surface area contributed by atoms with Crippen LogP contribution in [0.4, 0.5) is 0 Å². The summed E-state index contributed by atoms with van der Waals surface area (Å²) in [5, 5.41) is 6.53. The van der Waals surface area contributed by atoms with Crippen LogP contribution in [0.25, 0.3) is 0 Å². The van der Waals surface area contributed by atoms with Gasteiger partial charge in [0.25, 0.3) is 0 Å². The average molecular weight is 237 g/mol. The van der Waals surface area contributed by atoms with Gasteiger partial charge in [-0.25, -0.2) is 4.98 Å². The smallest absolute Gasteiger partial charge is 0.226 e. The summed E-state index contributed by atoms with van der Waals surface area (Å²) in [6.07, 6.45) is 4.59. The van der Waals surface area contributed by atoms with Gasteiger partial charge in [-0.05, 0) is 25.3 Å². The molecule has 1 aliphatic rings. The van der Waals surface area contributed by atoms with E-state index in [-0.39, 0.29) is 11.8 Å². The molecule has 1 amide bonds. The molecule has 0 radical (unpaired) electrons. The molecule has 1 aromatic heterocycles. The number of amides is 1. The fourth-order valence-electron chi connectivity index (χ4n) is 2.54. The number of carbonyl (C=O) groups excluding carboxylic acids is 1. The molecule has 94 valence electrons. The van der Waals surface area contributed by atoms with Crippen LogP contribution in [0.5, 0.6) is 0 Å². The summed E-state index contributed by atoms with van der Waals surface area (Å²) in [6.45, 7) is 1.08. The lowest BCUT2D eigenvalue weighted by atomic mass is 9.95. The zero-order valence-corrected chi connectivity index (χ0v) is 10.1. The highest BCUT2D eigenvalue weighted by Gasteiger charge is 2.33. The van der Waals surface area contributed by atoms with Crippen LogP contribution < -0.4 is 5.73 Å². The third-order valence-electron chi connectivity index (χ3n) is 3.51. The summed E-state index contributed by atoms with van der Waals surface area (Å²) in [4.78, 5) is 18.0. The molecule has 2 rings (SSSR count). The van der Waals surface area contributed by atoms with E-state index >= 15 is 0 Å². The van der Waals surface area contributed by atoms with Gasteiger partial charge in [0.05, 0.1) is 6.54 Å². The number of hydrogen-bond acceptors (Lipinski definition) is 4. The number of H-pyrrole nitrogens is 1. The van der Waals surface area contributed by atoms with Crippen LogP contribution in [0.15, 0.2) is 6.33 Å². The minimum Gasteiger partial charge on any atom is -0.338 e. The zero-order chi connectivity index (χ0) is 12.3. The van der Waals surface area contributed by atoms with Crippen LogP contribution in [-0.2, 0) is 11.3 Å². The van der Waals surface area contributed by atoms with Gasteiger partial charge in [0.15, 0.2) is 0 Å². The third kappa shape index (κ3) is 2.63. The minimum absolute atomic E-state index is 0.0907. The molecule has 1 aromatic rings. The predicted molar refractivity (Wildman–Crippen MR) is 62.7 cm³/mol. The Balaban J connectivity index is 1.94. The summed E-state index contributed by atoms with van der Waals surface area (Å²) in [6, 6.07) is 0. The van der Waals surface area contributed by atoms with Crippen molar-refractivity contribution in [3.63, 3.8) is 0 Å². The fourth-order valence-corrected chi connectivity index (χ4v) is 2.54. The minimum atomic E-state index is 0.0907. The Labute approximate surface area is 101 Å². The van der Waals surface area contributed by atoms with Crippen LogP contribution >= 0.6 is 0 Å². The molecule has 0 aromatic carbocycles. The van der Waals surface area contributed by atoms with Gasteiger partial charge >= 0.3 is 0 Å².